The highest BCUT2D eigenvalue weighted by Gasteiger charge is 2.20. The molecule has 2 atom stereocenters. The minimum absolute atomic E-state index is 0.374. The summed E-state index contributed by atoms with van der Waals surface area (Å²) in [6.07, 6.45) is 5.75. The molecule has 0 spiro atoms. The first-order valence-electron chi connectivity index (χ1n) is 6.75. The van der Waals surface area contributed by atoms with Gasteiger partial charge >= 0.3 is 6.09 Å². The third-order valence-electron chi connectivity index (χ3n) is 3.74. The van der Waals surface area contributed by atoms with Gasteiger partial charge in [0.15, 0.2) is 0 Å². The molecule has 1 rings (SSSR count). The zero-order valence-corrected chi connectivity index (χ0v) is 11.1. The van der Waals surface area contributed by atoms with Crippen LogP contribution in [0.4, 0.5) is 4.79 Å². The number of hydrogen-bond acceptors (Lipinski definition) is 3. The van der Waals surface area contributed by atoms with E-state index in [1.54, 1.807) is 0 Å². The van der Waals surface area contributed by atoms with Crippen molar-refractivity contribution in [1.29, 1.82) is 0 Å². The van der Waals surface area contributed by atoms with E-state index in [4.69, 9.17) is 10.5 Å². The predicted octanol–water partition coefficient (Wildman–Crippen LogP) is 2.28. The van der Waals surface area contributed by atoms with E-state index in [1.165, 1.54) is 32.1 Å². The van der Waals surface area contributed by atoms with Gasteiger partial charge in [-0.05, 0) is 31.1 Å². The number of ether oxygens (including phenoxy) is 1. The molecule has 1 saturated carbocycles. The number of nitrogens with one attached hydrogen (secondary N) is 1. The summed E-state index contributed by atoms with van der Waals surface area (Å²) in [6, 6.07) is 0.579. The summed E-state index contributed by atoms with van der Waals surface area (Å²) in [4.78, 5) is 10.4. The summed E-state index contributed by atoms with van der Waals surface area (Å²) >= 11 is 0. The van der Waals surface area contributed by atoms with Crippen molar-refractivity contribution < 1.29 is 9.53 Å². The minimum atomic E-state index is -0.687. The third kappa shape index (κ3) is 5.91. The van der Waals surface area contributed by atoms with Crippen LogP contribution in [-0.4, -0.2) is 25.3 Å². The van der Waals surface area contributed by atoms with Crippen molar-refractivity contribution in [2.24, 2.45) is 17.6 Å². The smallest absolute Gasteiger partial charge is 0.404 e. The molecule has 0 aromatic rings. The molecule has 0 aromatic carbocycles. The van der Waals surface area contributed by atoms with Gasteiger partial charge in [-0.3, -0.25) is 0 Å². The van der Waals surface area contributed by atoms with Crippen LogP contribution in [0.2, 0.25) is 0 Å². The van der Waals surface area contributed by atoms with Crippen molar-refractivity contribution in [3.05, 3.63) is 0 Å². The lowest BCUT2D eigenvalue weighted by molar-refractivity contribution is 0.155. The average Bonchev–Trinajstić information content (AvgIpc) is 2.49. The Balaban J connectivity index is 2.16. The number of amides is 1. The lowest BCUT2D eigenvalue weighted by Gasteiger charge is -2.19. The van der Waals surface area contributed by atoms with Crippen molar-refractivity contribution in [2.45, 2.75) is 52.0 Å². The topological polar surface area (TPSA) is 64.3 Å². The standard InChI is InChI=1S/C13H26N2O2/c1-10(2)11-4-3-5-12(7-6-11)15-8-9-17-13(14)16/h10-12,15H,3-9H2,1-2H3,(H2,14,16). The maximum atomic E-state index is 10.4. The molecule has 4 nitrogen and oxygen atoms in total. The Labute approximate surface area is 104 Å². The Morgan fingerprint density at radius 1 is 1.35 bits per heavy atom. The van der Waals surface area contributed by atoms with Crippen LogP contribution in [0.5, 0.6) is 0 Å². The molecular weight excluding hydrogens is 216 g/mol. The van der Waals surface area contributed by atoms with E-state index in [0.717, 1.165) is 11.8 Å². The second-order valence-electron chi connectivity index (χ2n) is 5.33. The first kappa shape index (κ1) is 14.3. The second kappa shape index (κ2) is 7.54. The lowest BCUT2D eigenvalue weighted by atomic mass is 9.89. The van der Waals surface area contributed by atoms with E-state index >= 15 is 0 Å². The largest absolute Gasteiger partial charge is 0.448 e. The normalized spacial score (nSPS) is 25.6. The van der Waals surface area contributed by atoms with Gasteiger partial charge in [-0.1, -0.05) is 26.7 Å². The monoisotopic (exact) mass is 242 g/mol. The van der Waals surface area contributed by atoms with Crippen LogP contribution in [0, 0.1) is 11.8 Å². The fourth-order valence-corrected chi connectivity index (χ4v) is 2.62. The molecule has 0 aromatic heterocycles. The van der Waals surface area contributed by atoms with Crippen LogP contribution in [0.3, 0.4) is 0 Å². The van der Waals surface area contributed by atoms with E-state index in [-0.39, 0.29) is 0 Å². The van der Waals surface area contributed by atoms with Crippen LogP contribution >= 0.6 is 0 Å². The average molecular weight is 242 g/mol. The van der Waals surface area contributed by atoms with Crippen LogP contribution in [0.1, 0.15) is 46.0 Å². The number of carbonyl (C=O) groups excluding carboxylic acids is 1. The number of rotatable bonds is 5. The summed E-state index contributed by atoms with van der Waals surface area (Å²) < 4.78 is 4.70. The van der Waals surface area contributed by atoms with Crippen molar-refractivity contribution >= 4 is 6.09 Å². The fourth-order valence-electron chi connectivity index (χ4n) is 2.62. The lowest BCUT2D eigenvalue weighted by Crippen LogP contribution is -2.32. The highest BCUT2D eigenvalue weighted by atomic mass is 16.5. The third-order valence-corrected chi connectivity index (χ3v) is 3.74. The summed E-state index contributed by atoms with van der Waals surface area (Å²) in [5, 5.41) is 3.44. The van der Waals surface area contributed by atoms with Crippen molar-refractivity contribution in [3.63, 3.8) is 0 Å². The molecular formula is C13H26N2O2. The fraction of sp³-hybridized carbons (Fsp3) is 0.923. The molecule has 2 unspecified atom stereocenters. The number of primary amides is 1. The zero-order valence-electron chi connectivity index (χ0n) is 11.1. The van der Waals surface area contributed by atoms with Gasteiger partial charge in [-0.25, -0.2) is 4.79 Å². The maximum absolute atomic E-state index is 10.4. The molecule has 1 amide bonds. The molecule has 100 valence electrons. The summed E-state index contributed by atoms with van der Waals surface area (Å²) in [5.74, 6) is 1.68. The first-order valence-corrected chi connectivity index (χ1v) is 6.75. The molecule has 0 heterocycles. The Morgan fingerprint density at radius 2 is 2.12 bits per heavy atom. The van der Waals surface area contributed by atoms with Crippen LogP contribution in [0.25, 0.3) is 0 Å². The Hall–Kier alpha value is -0.770. The Bertz CT molecular complexity index is 231. The number of nitrogens with two attached hydrogens (primary N) is 1. The zero-order chi connectivity index (χ0) is 12.7. The predicted molar refractivity (Wildman–Crippen MR) is 68.7 cm³/mol. The summed E-state index contributed by atoms with van der Waals surface area (Å²) in [7, 11) is 0. The minimum Gasteiger partial charge on any atom is -0.448 e. The van der Waals surface area contributed by atoms with Crippen molar-refractivity contribution in [3.8, 4) is 0 Å². The maximum Gasteiger partial charge on any atom is 0.404 e. The molecule has 4 heteroatoms. The van der Waals surface area contributed by atoms with Crippen LogP contribution in [0.15, 0.2) is 0 Å². The molecule has 1 fully saturated rings. The quantitative estimate of drug-likeness (QED) is 0.574. The van der Waals surface area contributed by atoms with E-state index in [9.17, 15) is 4.79 Å². The van der Waals surface area contributed by atoms with Gasteiger partial charge < -0.3 is 15.8 Å². The van der Waals surface area contributed by atoms with Gasteiger partial charge in [0.05, 0.1) is 0 Å². The molecule has 3 N–H and O–H groups in total. The summed E-state index contributed by atoms with van der Waals surface area (Å²) in [5.41, 5.74) is 4.90. The van der Waals surface area contributed by atoms with Gasteiger partial charge in [0.2, 0.25) is 0 Å². The van der Waals surface area contributed by atoms with Gasteiger partial charge in [0, 0.05) is 12.6 Å². The summed E-state index contributed by atoms with van der Waals surface area (Å²) in [6.45, 7) is 5.72. The number of carbonyl (C=O) groups is 1. The van der Waals surface area contributed by atoms with E-state index in [0.29, 0.717) is 19.2 Å². The molecule has 17 heavy (non-hydrogen) atoms. The highest BCUT2D eigenvalue weighted by molar-refractivity contribution is 5.64. The van der Waals surface area contributed by atoms with Gasteiger partial charge in [-0.15, -0.1) is 0 Å². The van der Waals surface area contributed by atoms with Gasteiger partial charge in [0.1, 0.15) is 6.61 Å². The van der Waals surface area contributed by atoms with Crippen molar-refractivity contribution in [1.82, 2.24) is 5.32 Å². The molecule has 0 saturated heterocycles. The van der Waals surface area contributed by atoms with Crippen LogP contribution in [-0.2, 0) is 4.74 Å². The van der Waals surface area contributed by atoms with E-state index in [1.807, 2.05) is 0 Å². The molecule has 1 aliphatic rings. The highest BCUT2D eigenvalue weighted by Crippen LogP contribution is 2.28. The molecule has 0 bridgehead atoms. The molecule has 0 radical (unpaired) electrons. The SMILES string of the molecule is CC(C)C1CCCC(NCCOC(N)=O)CC1. The molecule has 1 aliphatic carbocycles. The molecule has 0 aliphatic heterocycles. The Morgan fingerprint density at radius 3 is 2.76 bits per heavy atom. The van der Waals surface area contributed by atoms with E-state index < -0.39 is 6.09 Å². The first-order chi connectivity index (χ1) is 8.09. The van der Waals surface area contributed by atoms with E-state index in [2.05, 4.69) is 19.2 Å². The van der Waals surface area contributed by atoms with Gasteiger partial charge in [-0.2, -0.15) is 0 Å². The number of hydrogen-bond donors (Lipinski definition) is 2. The van der Waals surface area contributed by atoms with Gasteiger partial charge in [0.25, 0.3) is 0 Å². The second-order valence-corrected chi connectivity index (χ2v) is 5.33. The Kier molecular flexibility index (Phi) is 6.34. The van der Waals surface area contributed by atoms with Crippen LogP contribution < -0.4 is 11.1 Å². The van der Waals surface area contributed by atoms with Crippen molar-refractivity contribution in [2.75, 3.05) is 13.2 Å².